The van der Waals surface area contributed by atoms with Gasteiger partial charge in [-0.05, 0) is 67.1 Å². The average Bonchev–Trinajstić information content (AvgIpc) is 2.86. The fraction of sp³-hybridized carbons (Fsp3) is 0.812. The van der Waals surface area contributed by atoms with Crippen LogP contribution < -0.4 is 4.74 Å². The first kappa shape index (κ1) is 26.6. The van der Waals surface area contributed by atoms with E-state index in [1.807, 2.05) is 0 Å². The summed E-state index contributed by atoms with van der Waals surface area (Å²) in [6, 6.07) is 9.05. The second-order valence-corrected chi connectivity index (χ2v) is 11.5. The third-order valence-electron chi connectivity index (χ3n) is 8.93. The van der Waals surface area contributed by atoms with Crippen molar-refractivity contribution in [1.82, 2.24) is 0 Å². The van der Waals surface area contributed by atoms with Gasteiger partial charge in [0.25, 0.3) is 0 Å². The number of hydrogen-bond acceptors (Lipinski definition) is 1. The topological polar surface area (TPSA) is 9.23 Å². The van der Waals surface area contributed by atoms with Crippen molar-refractivity contribution in [2.75, 3.05) is 6.61 Å². The van der Waals surface area contributed by atoms with Crippen LogP contribution in [-0.2, 0) is 6.42 Å². The molecular weight excluding hydrogens is 400 g/mol. The lowest BCUT2D eigenvalue weighted by Crippen LogP contribution is -2.20. The van der Waals surface area contributed by atoms with Gasteiger partial charge in [-0.15, -0.1) is 0 Å². The Morgan fingerprint density at radius 2 is 1.24 bits per heavy atom. The Kier molecular flexibility index (Phi) is 12.8. The standard InChI is InChI=1S/C32H54O/c1-3-5-7-12-30-13-8-9-14-31(30)15-10-26-33-32-24-22-29(23-25-32)21-20-28-18-16-27(17-19-28)11-6-4-2/h22-25,27-28,30-31H,3-21,26H2,1-2H3. The molecule has 2 saturated carbocycles. The van der Waals surface area contributed by atoms with Gasteiger partial charge in [0.05, 0.1) is 6.61 Å². The maximum absolute atomic E-state index is 6.12. The van der Waals surface area contributed by atoms with E-state index in [0.29, 0.717) is 0 Å². The molecule has 0 N–H and O–H groups in total. The van der Waals surface area contributed by atoms with Gasteiger partial charge >= 0.3 is 0 Å². The third-order valence-corrected chi connectivity index (χ3v) is 8.93. The predicted molar refractivity (Wildman–Crippen MR) is 144 cm³/mol. The summed E-state index contributed by atoms with van der Waals surface area (Å²) in [6.45, 7) is 5.53. The quantitative estimate of drug-likeness (QED) is 0.239. The van der Waals surface area contributed by atoms with Gasteiger partial charge in [-0.2, -0.15) is 0 Å². The van der Waals surface area contributed by atoms with Gasteiger partial charge in [-0.3, -0.25) is 0 Å². The lowest BCUT2D eigenvalue weighted by molar-refractivity contribution is 0.190. The van der Waals surface area contributed by atoms with Gasteiger partial charge in [-0.1, -0.05) is 122 Å². The van der Waals surface area contributed by atoms with Crippen molar-refractivity contribution in [2.45, 2.75) is 136 Å². The minimum absolute atomic E-state index is 0.888. The fourth-order valence-electron chi connectivity index (χ4n) is 6.66. The summed E-state index contributed by atoms with van der Waals surface area (Å²) in [7, 11) is 0. The van der Waals surface area contributed by atoms with E-state index in [0.717, 1.165) is 36.0 Å². The lowest BCUT2D eigenvalue weighted by Gasteiger charge is -2.31. The van der Waals surface area contributed by atoms with E-state index in [4.69, 9.17) is 4.74 Å². The van der Waals surface area contributed by atoms with Crippen LogP contribution in [0, 0.1) is 23.7 Å². The fourth-order valence-corrected chi connectivity index (χ4v) is 6.66. The molecule has 1 aromatic carbocycles. The van der Waals surface area contributed by atoms with Crippen molar-refractivity contribution in [3.63, 3.8) is 0 Å². The van der Waals surface area contributed by atoms with Gasteiger partial charge in [0.15, 0.2) is 0 Å². The van der Waals surface area contributed by atoms with Gasteiger partial charge in [-0.25, -0.2) is 0 Å². The zero-order chi connectivity index (χ0) is 23.1. The molecule has 0 amide bonds. The van der Waals surface area contributed by atoms with E-state index in [-0.39, 0.29) is 0 Å². The highest BCUT2D eigenvalue weighted by Crippen LogP contribution is 2.37. The molecule has 2 fully saturated rings. The molecule has 0 bridgehead atoms. The van der Waals surface area contributed by atoms with Crippen molar-refractivity contribution in [3.8, 4) is 5.75 Å². The highest BCUT2D eigenvalue weighted by atomic mass is 16.5. The number of unbranched alkanes of at least 4 members (excludes halogenated alkanes) is 3. The molecule has 0 radical (unpaired) electrons. The van der Waals surface area contributed by atoms with E-state index < -0.39 is 0 Å². The van der Waals surface area contributed by atoms with E-state index in [2.05, 4.69) is 38.1 Å². The molecule has 0 aliphatic heterocycles. The molecule has 2 atom stereocenters. The maximum Gasteiger partial charge on any atom is 0.119 e. The van der Waals surface area contributed by atoms with Crippen LogP contribution in [0.2, 0.25) is 0 Å². The summed E-state index contributed by atoms with van der Waals surface area (Å²) in [6.07, 6.45) is 26.9. The van der Waals surface area contributed by atoms with Gasteiger partial charge in [0.2, 0.25) is 0 Å². The Labute approximate surface area is 206 Å². The Morgan fingerprint density at radius 1 is 0.636 bits per heavy atom. The van der Waals surface area contributed by atoms with Crippen LogP contribution in [0.3, 0.4) is 0 Å². The van der Waals surface area contributed by atoms with Crippen LogP contribution in [-0.4, -0.2) is 6.61 Å². The predicted octanol–water partition coefficient (Wildman–Crippen LogP) is 10.2. The van der Waals surface area contributed by atoms with Crippen LogP contribution in [0.25, 0.3) is 0 Å². The van der Waals surface area contributed by atoms with Crippen LogP contribution in [0.5, 0.6) is 5.75 Å². The number of benzene rings is 1. The number of aryl methyl sites for hydroxylation is 1. The zero-order valence-corrected chi connectivity index (χ0v) is 22.2. The van der Waals surface area contributed by atoms with Crippen molar-refractivity contribution in [2.24, 2.45) is 23.7 Å². The van der Waals surface area contributed by atoms with Gasteiger partial charge in [0.1, 0.15) is 5.75 Å². The first-order valence-electron chi connectivity index (χ1n) is 15.0. The van der Waals surface area contributed by atoms with Gasteiger partial charge < -0.3 is 4.74 Å². The Hall–Kier alpha value is -0.980. The zero-order valence-electron chi connectivity index (χ0n) is 22.2. The number of ether oxygens (including phenoxy) is 1. The summed E-state index contributed by atoms with van der Waals surface area (Å²) >= 11 is 0. The molecule has 1 heteroatoms. The molecule has 33 heavy (non-hydrogen) atoms. The summed E-state index contributed by atoms with van der Waals surface area (Å²) in [5, 5.41) is 0. The Bertz CT molecular complexity index is 597. The van der Waals surface area contributed by atoms with Crippen molar-refractivity contribution in [1.29, 1.82) is 0 Å². The number of hydrogen-bond donors (Lipinski definition) is 0. The molecular formula is C32H54O. The molecule has 1 nitrogen and oxygen atoms in total. The molecule has 0 spiro atoms. The SMILES string of the molecule is CCCCCC1CCCCC1CCCOc1ccc(CCC2CCC(CCCC)CC2)cc1. The van der Waals surface area contributed by atoms with E-state index >= 15 is 0 Å². The molecule has 2 aliphatic rings. The monoisotopic (exact) mass is 454 g/mol. The van der Waals surface area contributed by atoms with E-state index in [1.165, 1.54) is 128 Å². The lowest BCUT2D eigenvalue weighted by atomic mass is 9.74. The van der Waals surface area contributed by atoms with Crippen molar-refractivity contribution >= 4 is 0 Å². The van der Waals surface area contributed by atoms with Crippen LogP contribution >= 0.6 is 0 Å². The normalized spacial score (nSPS) is 25.8. The van der Waals surface area contributed by atoms with Crippen molar-refractivity contribution in [3.05, 3.63) is 29.8 Å². The second kappa shape index (κ2) is 15.8. The third kappa shape index (κ3) is 10.0. The van der Waals surface area contributed by atoms with Crippen molar-refractivity contribution < 1.29 is 4.74 Å². The largest absolute Gasteiger partial charge is 0.494 e. The molecule has 1 aromatic rings. The highest BCUT2D eigenvalue weighted by molar-refractivity contribution is 5.27. The summed E-state index contributed by atoms with van der Waals surface area (Å²) in [5.41, 5.74) is 1.49. The highest BCUT2D eigenvalue weighted by Gasteiger charge is 2.24. The van der Waals surface area contributed by atoms with E-state index in [9.17, 15) is 0 Å². The summed E-state index contributed by atoms with van der Waals surface area (Å²) in [4.78, 5) is 0. The number of rotatable bonds is 15. The van der Waals surface area contributed by atoms with Crippen LogP contribution in [0.4, 0.5) is 0 Å². The summed E-state index contributed by atoms with van der Waals surface area (Å²) < 4.78 is 6.12. The maximum atomic E-state index is 6.12. The average molecular weight is 455 g/mol. The summed E-state index contributed by atoms with van der Waals surface area (Å²) in [5.74, 6) is 5.02. The first-order chi connectivity index (χ1) is 16.3. The molecule has 0 heterocycles. The molecule has 0 saturated heterocycles. The Balaban J connectivity index is 1.28. The minimum Gasteiger partial charge on any atom is -0.494 e. The van der Waals surface area contributed by atoms with Crippen LogP contribution in [0.1, 0.15) is 135 Å². The second-order valence-electron chi connectivity index (χ2n) is 11.5. The molecule has 3 rings (SSSR count). The molecule has 2 aliphatic carbocycles. The minimum atomic E-state index is 0.888. The smallest absolute Gasteiger partial charge is 0.119 e. The molecule has 0 aromatic heterocycles. The van der Waals surface area contributed by atoms with Crippen LogP contribution in [0.15, 0.2) is 24.3 Å². The van der Waals surface area contributed by atoms with Gasteiger partial charge in [0, 0.05) is 0 Å². The van der Waals surface area contributed by atoms with E-state index in [1.54, 1.807) is 0 Å². The Morgan fingerprint density at radius 3 is 1.88 bits per heavy atom. The molecule has 2 unspecified atom stereocenters. The first-order valence-corrected chi connectivity index (χ1v) is 15.0. The molecule has 188 valence electrons.